The third-order valence-corrected chi connectivity index (χ3v) is 4.70. The molecular weight excluding hydrogens is 328 g/mol. The molecule has 1 aromatic heterocycles. The highest BCUT2D eigenvalue weighted by Crippen LogP contribution is 2.23. The van der Waals surface area contributed by atoms with Crippen molar-refractivity contribution >= 4 is 27.6 Å². The quantitative estimate of drug-likeness (QED) is 0.841. The predicted molar refractivity (Wildman–Crippen MR) is 81.1 cm³/mol. The number of rotatable bonds is 5. The van der Waals surface area contributed by atoms with Crippen LogP contribution in [0, 0.1) is 0 Å². The van der Waals surface area contributed by atoms with E-state index in [0.717, 1.165) is 0 Å². The number of hydrogen-bond acceptors (Lipinski definition) is 5. The molecule has 1 aromatic carbocycles. The van der Waals surface area contributed by atoms with Crippen LogP contribution in [0.1, 0.15) is 16.1 Å². The Morgan fingerprint density at radius 3 is 2.68 bits per heavy atom. The number of benzene rings is 1. The lowest BCUT2D eigenvalue weighted by molar-refractivity contribution is 0.0600. The SMILES string of the molecule is COC(=O)c1ccc(S(=O)(=O)NCc2ccccn2)c(Cl)c1. The first kappa shape index (κ1) is 16.4. The highest BCUT2D eigenvalue weighted by molar-refractivity contribution is 7.89. The first-order valence-corrected chi connectivity index (χ1v) is 8.07. The second-order valence-corrected chi connectivity index (χ2v) is 6.42. The van der Waals surface area contributed by atoms with Gasteiger partial charge in [-0.15, -0.1) is 0 Å². The zero-order valence-electron chi connectivity index (χ0n) is 11.6. The van der Waals surface area contributed by atoms with Gasteiger partial charge in [0, 0.05) is 6.20 Å². The first-order valence-electron chi connectivity index (χ1n) is 6.21. The Bertz CT molecular complexity index is 779. The van der Waals surface area contributed by atoms with Crippen LogP contribution < -0.4 is 4.72 Å². The van der Waals surface area contributed by atoms with Gasteiger partial charge in [-0.3, -0.25) is 4.98 Å². The summed E-state index contributed by atoms with van der Waals surface area (Å²) in [5.74, 6) is -0.590. The molecule has 0 fully saturated rings. The molecule has 116 valence electrons. The summed E-state index contributed by atoms with van der Waals surface area (Å²) >= 11 is 5.95. The minimum absolute atomic E-state index is 0.0399. The van der Waals surface area contributed by atoms with Gasteiger partial charge in [-0.2, -0.15) is 0 Å². The van der Waals surface area contributed by atoms with Gasteiger partial charge in [0.15, 0.2) is 0 Å². The molecule has 0 saturated carbocycles. The van der Waals surface area contributed by atoms with Crippen molar-refractivity contribution in [3.05, 3.63) is 58.9 Å². The Morgan fingerprint density at radius 1 is 1.32 bits per heavy atom. The fourth-order valence-electron chi connectivity index (χ4n) is 1.71. The van der Waals surface area contributed by atoms with Crippen LogP contribution >= 0.6 is 11.6 Å². The second-order valence-electron chi connectivity index (χ2n) is 4.28. The average molecular weight is 341 g/mol. The van der Waals surface area contributed by atoms with Gasteiger partial charge in [0.05, 0.1) is 29.9 Å². The lowest BCUT2D eigenvalue weighted by Crippen LogP contribution is -2.24. The van der Waals surface area contributed by atoms with Gasteiger partial charge in [-0.25, -0.2) is 17.9 Å². The number of sulfonamides is 1. The number of carbonyl (C=O) groups excluding carboxylic acids is 1. The number of nitrogens with zero attached hydrogens (tertiary/aromatic N) is 1. The summed E-state index contributed by atoms with van der Waals surface area (Å²) in [6.45, 7) is 0.0399. The van der Waals surface area contributed by atoms with Crippen LogP contribution in [0.5, 0.6) is 0 Å². The summed E-state index contributed by atoms with van der Waals surface area (Å²) in [7, 11) is -2.58. The Labute approximate surface area is 133 Å². The van der Waals surface area contributed by atoms with E-state index in [9.17, 15) is 13.2 Å². The molecule has 2 aromatic rings. The molecule has 0 aliphatic carbocycles. The lowest BCUT2D eigenvalue weighted by Gasteiger charge is -2.09. The van der Waals surface area contributed by atoms with E-state index in [1.807, 2.05) is 0 Å². The number of carbonyl (C=O) groups is 1. The summed E-state index contributed by atoms with van der Waals surface area (Å²) in [6, 6.07) is 9.05. The number of pyridine rings is 1. The third-order valence-electron chi connectivity index (χ3n) is 2.81. The van der Waals surface area contributed by atoms with Gasteiger partial charge in [0.25, 0.3) is 0 Å². The molecule has 0 atom stereocenters. The largest absolute Gasteiger partial charge is 0.465 e. The number of nitrogens with one attached hydrogen (secondary N) is 1. The molecular formula is C14H13ClN2O4S. The van der Waals surface area contributed by atoms with Crippen LogP contribution in [0.2, 0.25) is 5.02 Å². The monoisotopic (exact) mass is 340 g/mol. The number of ether oxygens (including phenoxy) is 1. The zero-order valence-corrected chi connectivity index (χ0v) is 13.2. The Morgan fingerprint density at radius 2 is 2.09 bits per heavy atom. The van der Waals surface area contributed by atoms with Crippen LogP contribution in [0.4, 0.5) is 0 Å². The molecule has 0 spiro atoms. The highest BCUT2D eigenvalue weighted by atomic mass is 35.5. The lowest BCUT2D eigenvalue weighted by atomic mass is 10.2. The van der Waals surface area contributed by atoms with E-state index in [4.69, 9.17) is 11.6 Å². The van der Waals surface area contributed by atoms with Gasteiger partial charge in [-0.1, -0.05) is 17.7 Å². The molecule has 2 rings (SSSR count). The third kappa shape index (κ3) is 3.82. The van der Waals surface area contributed by atoms with Crippen LogP contribution in [-0.2, 0) is 21.3 Å². The summed E-state index contributed by atoms with van der Waals surface area (Å²) in [5.41, 5.74) is 0.754. The number of methoxy groups -OCH3 is 1. The Hall–Kier alpha value is -1.96. The summed E-state index contributed by atoms with van der Waals surface area (Å²) in [4.78, 5) is 15.3. The molecule has 0 aliphatic rings. The summed E-state index contributed by atoms with van der Waals surface area (Å²) < 4.78 is 31.4. The van der Waals surface area contributed by atoms with Crippen molar-refractivity contribution in [3.8, 4) is 0 Å². The molecule has 22 heavy (non-hydrogen) atoms. The molecule has 6 nitrogen and oxygen atoms in total. The van der Waals surface area contributed by atoms with Crippen LogP contribution in [0.3, 0.4) is 0 Å². The minimum atomic E-state index is -3.81. The molecule has 8 heteroatoms. The zero-order chi connectivity index (χ0) is 16.2. The van der Waals surface area contributed by atoms with E-state index in [2.05, 4.69) is 14.4 Å². The van der Waals surface area contributed by atoms with E-state index < -0.39 is 16.0 Å². The maximum atomic E-state index is 12.2. The smallest absolute Gasteiger partial charge is 0.337 e. The standard InChI is InChI=1S/C14H13ClN2O4S/c1-21-14(18)10-5-6-13(12(15)8-10)22(19,20)17-9-11-4-2-3-7-16-11/h2-8,17H,9H2,1H3. The molecule has 0 unspecified atom stereocenters. The van der Waals surface area contributed by atoms with Crippen molar-refractivity contribution in [2.75, 3.05) is 7.11 Å². The summed E-state index contributed by atoms with van der Waals surface area (Å²) in [5, 5.41) is -0.0589. The van der Waals surface area contributed by atoms with Crippen molar-refractivity contribution in [1.82, 2.24) is 9.71 Å². The van der Waals surface area contributed by atoms with Gasteiger partial charge in [0.2, 0.25) is 10.0 Å². The first-order chi connectivity index (χ1) is 10.4. The molecule has 0 aliphatic heterocycles. The predicted octanol–water partition coefficient (Wildman–Crippen LogP) is 2.00. The second kappa shape index (κ2) is 6.87. The van der Waals surface area contributed by atoms with E-state index >= 15 is 0 Å². The van der Waals surface area contributed by atoms with Gasteiger partial charge < -0.3 is 4.74 Å². The maximum absolute atomic E-state index is 12.2. The van der Waals surface area contributed by atoms with E-state index in [-0.39, 0.29) is 22.0 Å². The average Bonchev–Trinajstić information content (AvgIpc) is 2.53. The molecule has 0 saturated heterocycles. The van der Waals surface area contributed by atoms with Crippen molar-refractivity contribution < 1.29 is 17.9 Å². The van der Waals surface area contributed by atoms with Crippen molar-refractivity contribution in [2.45, 2.75) is 11.4 Å². The molecule has 0 radical (unpaired) electrons. The molecule has 0 amide bonds. The molecule has 1 heterocycles. The molecule has 1 N–H and O–H groups in total. The van der Waals surface area contributed by atoms with Crippen molar-refractivity contribution in [1.29, 1.82) is 0 Å². The number of halogens is 1. The molecule has 0 bridgehead atoms. The van der Waals surface area contributed by atoms with Crippen LogP contribution in [0.25, 0.3) is 0 Å². The van der Waals surface area contributed by atoms with Crippen molar-refractivity contribution in [3.63, 3.8) is 0 Å². The topological polar surface area (TPSA) is 85.4 Å². The van der Waals surface area contributed by atoms with Gasteiger partial charge in [-0.05, 0) is 30.3 Å². The van der Waals surface area contributed by atoms with Crippen molar-refractivity contribution in [2.24, 2.45) is 0 Å². The summed E-state index contributed by atoms with van der Waals surface area (Å²) in [6.07, 6.45) is 1.57. The number of hydrogen-bond donors (Lipinski definition) is 1. The minimum Gasteiger partial charge on any atom is -0.465 e. The fraction of sp³-hybridized carbons (Fsp3) is 0.143. The van der Waals surface area contributed by atoms with E-state index in [1.54, 1.807) is 24.4 Å². The normalized spacial score (nSPS) is 11.2. The van der Waals surface area contributed by atoms with E-state index in [1.165, 1.54) is 25.3 Å². The Balaban J connectivity index is 2.21. The number of esters is 1. The van der Waals surface area contributed by atoms with Gasteiger partial charge in [0.1, 0.15) is 4.90 Å². The highest BCUT2D eigenvalue weighted by Gasteiger charge is 2.19. The Kier molecular flexibility index (Phi) is 5.12. The number of aromatic nitrogens is 1. The van der Waals surface area contributed by atoms with E-state index in [0.29, 0.717) is 5.69 Å². The fourth-order valence-corrected chi connectivity index (χ4v) is 3.25. The van der Waals surface area contributed by atoms with Crippen LogP contribution in [0.15, 0.2) is 47.5 Å². The van der Waals surface area contributed by atoms with Crippen LogP contribution in [-0.4, -0.2) is 26.5 Å². The maximum Gasteiger partial charge on any atom is 0.337 e. The van der Waals surface area contributed by atoms with Gasteiger partial charge >= 0.3 is 5.97 Å².